The van der Waals surface area contributed by atoms with Gasteiger partial charge in [-0.05, 0) is 31.2 Å². The van der Waals surface area contributed by atoms with Crippen molar-refractivity contribution in [1.82, 2.24) is 4.98 Å². The summed E-state index contributed by atoms with van der Waals surface area (Å²) in [6.45, 7) is 1.95. The molecule has 2 rings (SSSR count). The standard InChI is InChI=1S/C17H18N2O6S/c1-3-24-13-6-4-11(5-7-13)16(22)25-9-14(20)19-17-18-12(10-26-17)8-15(21)23-2/h4-7,10H,3,8-9H2,1-2H3,(H,18,19,20). The van der Waals surface area contributed by atoms with Crippen LogP contribution in [0, 0.1) is 0 Å². The van der Waals surface area contributed by atoms with Crippen LogP contribution < -0.4 is 10.1 Å². The Labute approximate surface area is 154 Å². The molecule has 0 saturated heterocycles. The highest BCUT2D eigenvalue weighted by Crippen LogP contribution is 2.16. The summed E-state index contributed by atoms with van der Waals surface area (Å²) in [6.07, 6.45) is 0.0234. The van der Waals surface area contributed by atoms with Crippen molar-refractivity contribution >= 4 is 34.3 Å². The van der Waals surface area contributed by atoms with E-state index in [1.165, 1.54) is 7.11 Å². The first kappa shape index (κ1) is 19.4. The predicted molar refractivity (Wildman–Crippen MR) is 94.4 cm³/mol. The molecule has 8 nitrogen and oxygen atoms in total. The van der Waals surface area contributed by atoms with Crippen LogP contribution in [0.3, 0.4) is 0 Å². The molecule has 0 radical (unpaired) electrons. The molecule has 9 heteroatoms. The summed E-state index contributed by atoms with van der Waals surface area (Å²) in [5, 5.41) is 4.45. The number of hydrogen-bond donors (Lipinski definition) is 1. The number of nitrogens with one attached hydrogen (secondary N) is 1. The molecular formula is C17H18N2O6S. The fraction of sp³-hybridized carbons (Fsp3) is 0.294. The maximum Gasteiger partial charge on any atom is 0.338 e. The van der Waals surface area contributed by atoms with E-state index in [4.69, 9.17) is 9.47 Å². The number of thiazole rings is 1. The molecule has 0 aliphatic carbocycles. The van der Waals surface area contributed by atoms with Crippen molar-refractivity contribution in [2.75, 3.05) is 25.6 Å². The van der Waals surface area contributed by atoms with Gasteiger partial charge in [-0.15, -0.1) is 11.3 Å². The lowest BCUT2D eigenvalue weighted by Crippen LogP contribution is -2.21. The summed E-state index contributed by atoms with van der Waals surface area (Å²) < 4.78 is 14.8. The van der Waals surface area contributed by atoms with Crippen molar-refractivity contribution in [3.63, 3.8) is 0 Å². The Hall–Kier alpha value is -2.94. The van der Waals surface area contributed by atoms with Crippen molar-refractivity contribution in [2.45, 2.75) is 13.3 Å². The second kappa shape index (κ2) is 9.52. The summed E-state index contributed by atoms with van der Waals surface area (Å²) in [5.74, 6) is -0.914. The van der Waals surface area contributed by atoms with Gasteiger partial charge in [-0.2, -0.15) is 0 Å². The van der Waals surface area contributed by atoms with Crippen molar-refractivity contribution < 1.29 is 28.6 Å². The molecule has 2 aromatic rings. The van der Waals surface area contributed by atoms with Gasteiger partial charge < -0.3 is 14.2 Å². The van der Waals surface area contributed by atoms with Crippen molar-refractivity contribution in [3.8, 4) is 5.75 Å². The van der Waals surface area contributed by atoms with E-state index in [0.717, 1.165) is 11.3 Å². The van der Waals surface area contributed by atoms with Gasteiger partial charge in [0.15, 0.2) is 11.7 Å². The Balaban J connectivity index is 1.80. The fourth-order valence-electron chi connectivity index (χ4n) is 1.89. The monoisotopic (exact) mass is 378 g/mol. The van der Waals surface area contributed by atoms with E-state index in [1.807, 2.05) is 6.92 Å². The van der Waals surface area contributed by atoms with Gasteiger partial charge in [-0.1, -0.05) is 0 Å². The van der Waals surface area contributed by atoms with Gasteiger partial charge in [-0.3, -0.25) is 14.9 Å². The smallest absolute Gasteiger partial charge is 0.338 e. The molecule has 1 N–H and O–H groups in total. The predicted octanol–water partition coefficient (Wildman–Crippen LogP) is 2.05. The highest BCUT2D eigenvalue weighted by atomic mass is 32.1. The van der Waals surface area contributed by atoms with E-state index >= 15 is 0 Å². The van der Waals surface area contributed by atoms with E-state index in [9.17, 15) is 14.4 Å². The highest BCUT2D eigenvalue weighted by Gasteiger charge is 2.13. The average Bonchev–Trinajstić information content (AvgIpc) is 3.07. The minimum absolute atomic E-state index is 0.0234. The summed E-state index contributed by atoms with van der Waals surface area (Å²) in [4.78, 5) is 39.0. The van der Waals surface area contributed by atoms with Crippen LogP contribution in [0.4, 0.5) is 5.13 Å². The third-order valence-electron chi connectivity index (χ3n) is 3.09. The Kier molecular flexibility index (Phi) is 7.10. The van der Waals surface area contributed by atoms with E-state index in [-0.39, 0.29) is 6.42 Å². The topological polar surface area (TPSA) is 104 Å². The van der Waals surface area contributed by atoms with E-state index in [0.29, 0.717) is 28.7 Å². The van der Waals surface area contributed by atoms with Crippen LogP contribution in [-0.4, -0.2) is 43.2 Å². The van der Waals surface area contributed by atoms with E-state index < -0.39 is 24.5 Å². The zero-order chi connectivity index (χ0) is 18.9. The number of benzene rings is 1. The van der Waals surface area contributed by atoms with Crippen LogP contribution in [0.1, 0.15) is 23.0 Å². The molecule has 0 aliphatic rings. The Morgan fingerprint density at radius 1 is 1.19 bits per heavy atom. The second-order valence-electron chi connectivity index (χ2n) is 4.98. The number of aromatic nitrogens is 1. The van der Waals surface area contributed by atoms with Crippen LogP contribution >= 0.6 is 11.3 Å². The molecule has 1 heterocycles. The molecule has 1 aromatic heterocycles. The first-order valence-corrected chi connectivity index (χ1v) is 8.60. The van der Waals surface area contributed by atoms with E-state index in [1.54, 1.807) is 29.6 Å². The maximum atomic E-state index is 11.9. The molecule has 0 aliphatic heterocycles. The van der Waals surface area contributed by atoms with Gasteiger partial charge in [0, 0.05) is 5.38 Å². The van der Waals surface area contributed by atoms with Crippen molar-refractivity contribution in [1.29, 1.82) is 0 Å². The lowest BCUT2D eigenvalue weighted by molar-refractivity contribution is -0.139. The normalized spacial score (nSPS) is 10.1. The third-order valence-corrected chi connectivity index (χ3v) is 3.89. The number of amides is 1. The molecule has 138 valence electrons. The molecule has 1 aromatic carbocycles. The number of ether oxygens (including phenoxy) is 3. The maximum absolute atomic E-state index is 11.9. The summed E-state index contributed by atoms with van der Waals surface area (Å²) in [5.41, 5.74) is 0.805. The van der Waals surface area contributed by atoms with Gasteiger partial charge in [-0.25, -0.2) is 9.78 Å². The molecule has 0 unspecified atom stereocenters. The van der Waals surface area contributed by atoms with Crippen LogP contribution in [0.2, 0.25) is 0 Å². The Morgan fingerprint density at radius 2 is 1.92 bits per heavy atom. The summed E-state index contributed by atoms with van der Waals surface area (Å²) in [6, 6.07) is 6.42. The number of hydrogen-bond acceptors (Lipinski definition) is 8. The van der Waals surface area contributed by atoms with Gasteiger partial charge in [0.25, 0.3) is 5.91 Å². The lowest BCUT2D eigenvalue weighted by atomic mass is 10.2. The number of esters is 2. The molecule has 1 amide bonds. The first-order valence-electron chi connectivity index (χ1n) is 7.73. The van der Waals surface area contributed by atoms with Gasteiger partial charge in [0.2, 0.25) is 0 Å². The van der Waals surface area contributed by atoms with Crippen molar-refractivity contribution in [2.24, 2.45) is 0 Å². The van der Waals surface area contributed by atoms with Crippen LogP contribution in [-0.2, 0) is 25.5 Å². The molecule has 0 atom stereocenters. The SMILES string of the molecule is CCOc1ccc(C(=O)OCC(=O)Nc2nc(CC(=O)OC)cs2)cc1. The number of rotatable bonds is 8. The molecule has 0 bridgehead atoms. The molecular weight excluding hydrogens is 360 g/mol. The second-order valence-corrected chi connectivity index (χ2v) is 5.84. The van der Waals surface area contributed by atoms with Crippen LogP contribution in [0.25, 0.3) is 0 Å². The number of nitrogens with zero attached hydrogens (tertiary/aromatic N) is 1. The quantitative estimate of drug-likeness (QED) is 0.701. The fourth-order valence-corrected chi connectivity index (χ4v) is 2.62. The zero-order valence-corrected chi connectivity index (χ0v) is 15.1. The number of carbonyl (C=O) groups excluding carboxylic acids is 3. The largest absolute Gasteiger partial charge is 0.494 e. The van der Waals surface area contributed by atoms with Crippen molar-refractivity contribution in [3.05, 3.63) is 40.9 Å². The van der Waals surface area contributed by atoms with Gasteiger partial charge >= 0.3 is 11.9 Å². The Morgan fingerprint density at radius 3 is 2.58 bits per heavy atom. The molecule has 0 saturated carbocycles. The van der Waals surface area contributed by atoms with E-state index in [2.05, 4.69) is 15.0 Å². The molecule has 26 heavy (non-hydrogen) atoms. The highest BCUT2D eigenvalue weighted by molar-refractivity contribution is 7.13. The molecule has 0 fully saturated rings. The summed E-state index contributed by atoms with van der Waals surface area (Å²) in [7, 11) is 1.29. The number of anilines is 1. The van der Waals surface area contributed by atoms with Crippen LogP contribution in [0.5, 0.6) is 5.75 Å². The first-order chi connectivity index (χ1) is 12.5. The average molecular weight is 378 g/mol. The number of methoxy groups -OCH3 is 1. The Bertz CT molecular complexity index is 772. The third kappa shape index (κ3) is 5.85. The number of carbonyl (C=O) groups is 3. The summed E-state index contributed by atoms with van der Waals surface area (Å²) >= 11 is 1.16. The van der Waals surface area contributed by atoms with Gasteiger partial charge in [0.05, 0.1) is 31.4 Å². The van der Waals surface area contributed by atoms with Crippen LogP contribution in [0.15, 0.2) is 29.6 Å². The lowest BCUT2D eigenvalue weighted by Gasteiger charge is -2.06. The minimum atomic E-state index is -0.617. The van der Waals surface area contributed by atoms with Gasteiger partial charge in [0.1, 0.15) is 5.75 Å². The zero-order valence-electron chi connectivity index (χ0n) is 14.3. The minimum Gasteiger partial charge on any atom is -0.494 e. The molecule has 0 spiro atoms.